The molecule has 2 amide bonds. The van der Waals surface area contributed by atoms with Gasteiger partial charge in [0.15, 0.2) is 0 Å². The molecule has 0 saturated heterocycles. The van der Waals surface area contributed by atoms with Crippen LogP contribution < -0.4 is 5.32 Å². The molecule has 0 aliphatic rings. The first-order valence-corrected chi connectivity index (χ1v) is 10.9. The molecule has 0 aliphatic heterocycles. The summed E-state index contributed by atoms with van der Waals surface area (Å²) < 4.78 is 0. The predicted octanol–water partition coefficient (Wildman–Crippen LogP) is 5.34. The predicted molar refractivity (Wildman–Crippen MR) is 124 cm³/mol. The van der Waals surface area contributed by atoms with E-state index in [1.54, 1.807) is 30.0 Å². The number of aryl methyl sites for hydroxylation is 2. The van der Waals surface area contributed by atoms with E-state index < -0.39 is 6.04 Å². The average molecular weight is 449 g/mol. The van der Waals surface area contributed by atoms with E-state index in [1.165, 1.54) is 5.56 Å². The molecule has 2 rings (SSSR count). The molecule has 2 aromatic carbocycles. The molecule has 1 N–H and O–H groups in total. The standard InChI is InChI=1S/C24H30Cl2N2O2/c1-15(2)13-27-24(30)18(5)28(14-20-8-9-21(25)12-22(20)26)23(29)11-19-7-6-16(3)17(4)10-19/h6-10,12,15,18H,11,13-14H2,1-5H3,(H,27,30)/t18-/m0/s1. The van der Waals surface area contributed by atoms with Gasteiger partial charge in [-0.05, 0) is 61.1 Å². The van der Waals surface area contributed by atoms with Gasteiger partial charge in [-0.2, -0.15) is 0 Å². The van der Waals surface area contributed by atoms with Crippen LogP contribution in [0.1, 0.15) is 43.0 Å². The molecule has 0 fully saturated rings. The summed E-state index contributed by atoms with van der Waals surface area (Å²) in [5.41, 5.74) is 3.98. The highest BCUT2D eigenvalue weighted by Crippen LogP contribution is 2.24. The number of rotatable bonds is 8. The Kier molecular flexibility index (Phi) is 8.75. The van der Waals surface area contributed by atoms with Crippen molar-refractivity contribution in [2.75, 3.05) is 6.54 Å². The first kappa shape index (κ1) is 24.2. The summed E-state index contributed by atoms with van der Waals surface area (Å²) in [5, 5.41) is 3.92. The van der Waals surface area contributed by atoms with Gasteiger partial charge in [-0.3, -0.25) is 9.59 Å². The largest absolute Gasteiger partial charge is 0.354 e. The summed E-state index contributed by atoms with van der Waals surface area (Å²) in [6.07, 6.45) is 0.216. The molecule has 0 aliphatic carbocycles. The van der Waals surface area contributed by atoms with Gasteiger partial charge in [0.1, 0.15) is 6.04 Å². The maximum Gasteiger partial charge on any atom is 0.242 e. The zero-order valence-corrected chi connectivity index (χ0v) is 19.8. The third-order valence-electron chi connectivity index (χ3n) is 5.13. The fourth-order valence-electron chi connectivity index (χ4n) is 3.06. The number of carbonyl (C=O) groups excluding carboxylic acids is 2. The van der Waals surface area contributed by atoms with Crippen LogP contribution >= 0.6 is 23.2 Å². The van der Waals surface area contributed by atoms with Crippen molar-refractivity contribution in [3.8, 4) is 0 Å². The van der Waals surface area contributed by atoms with E-state index in [-0.39, 0.29) is 24.8 Å². The normalized spacial score (nSPS) is 12.0. The van der Waals surface area contributed by atoms with E-state index in [0.717, 1.165) is 16.7 Å². The number of amides is 2. The fourth-order valence-corrected chi connectivity index (χ4v) is 3.53. The van der Waals surface area contributed by atoms with Crippen LogP contribution in [0.4, 0.5) is 0 Å². The number of nitrogens with one attached hydrogen (secondary N) is 1. The maximum atomic E-state index is 13.3. The maximum absolute atomic E-state index is 13.3. The molecule has 4 nitrogen and oxygen atoms in total. The van der Waals surface area contributed by atoms with Crippen LogP contribution in [0.5, 0.6) is 0 Å². The Labute approximate surface area is 189 Å². The Bertz CT molecular complexity index is 912. The minimum Gasteiger partial charge on any atom is -0.354 e. The molecule has 0 bridgehead atoms. The first-order chi connectivity index (χ1) is 14.1. The highest BCUT2D eigenvalue weighted by atomic mass is 35.5. The van der Waals surface area contributed by atoms with Crippen LogP contribution in [0.25, 0.3) is 0 Å². The number of benzene rings is 2. The van der Waals surface area contributed by atoms with E-state index in [9.17, 15) is 9.59 Å². The second-order valence-corrected chi connectivity index (χ2v) is 9.01. The van der Waals surface area contributed by atoms with Gasteiger partial charge in [0.2, 0.25) is 11.8 Å². The number of hydrogen-bond acceptors (Lipinski definition) is 2. The van der Waals surface area contributed by atoms with Gasteiger partial charge in [0.05, 0.1) is 6.42 Å². The number of carbonyl (C=O) groups is 2. The van der Waals surface area contributed by atoms with E-state index in [1.807, 2.05) is 45.9 Å². The molecule has 0 aromatic heterocycles. The molecular weight excluding hydrogens is 419 g/mol. The molecule has 162 valence electrons. The summed E-state index contributed by atoms with van der Waals surface area (Å²) in [7, 11) is 0. The van der Waals surface area contributed by atoms with Crippen LogP contribution in [0.3, 0.4) is 0 Å². The minimum atomic E-state index is -0.630. The van der Waals surface area contributed by atoms with Gasteiger partial charge in [-0.1, -0.05) is 61.3 Å². The number of hydrogen-bond donors (Lipinski definition) is 1. The Balaban J connectivity index is 2.27. The van der Waals surface area contributed by atoms with Crippen molar-refractivity contribution in [3.63, 3.8) is 0 Å². The molecule has 0 unspecified atom stereocenters. The van der Waals surface area contributed by atoms with Crippen molar-refractivity contribution < 1.29 is 9.59 Å². The SMILES string of the molecule is Cc1ccc(CC(=O)N(Cc2ccc(Cl)cc2Cl)[C@@H](C)C(=O)NCC(C)C)cc1C. The fraction of sp³-hybridized carbons (Fsp3) is 0.417. The smallest absolute Gasteiger partial charge is 0.242 e. The summed E-state index contributed by atoms with van der Waals surface area (Å²) in [4.78, 5) is 27.6. The second-order valence-electron chi connectivity index (χ2n) is 8.17. The Morgan fingerprint density at radius 3 is 2.30 bits per heavy atom. The number of halogens is 2. The van der Waals surface area contributed by atoms with Gasteiger partial charge >= 0.3 is 0 Å². The van der Waals surface area contributed by atoms with Gasteiger partial charge < -0.3 is 10.2 Å². The lowest BCUT2D eigenvalue weighted by atomic mass is 10.0. The topological polar surface area (TPSA) is 49.4 Å². The molecule has 6 heteroatoms. The highest BCUT2D eigenvalue weighted by molar-refractivity contribution is 6.35. The molecule has 0 spiro atoms. The Morgan fingerprint density at radius 1 is 1.00 bits per heavy atom. The van der Waals surface area contributed by atoms with Crippen molar-refractivity contribution >= 4 is 35.0 Å². The lowest BCUT2D eigenvalue weighted by Crippen LogP contribution is -2.48. The molecule has 1 atom stereocenters. The monoisotopic (exact) mass is 448 g/mol. The van der Waals surface area contributed by atoms with Crippen molar-refractivity contribution in [2.24, 2.45) is 5.92 Å². The summed E-state index contributed by atoms with van der Waals surface area (Å²) in [5.74, 6) is 0.0187. The van der Waals surface area contributed by atoms with Crippen molar-refractivity contribution in [1.29, 1.82) is 0 Å². The molecule has 30 heavy (non-hydrogen) atoms. The lowest BCUT2D eigenvalue weighted by molar-refractivity contribution is -0.140. The van der Waals surface area contributed by atoms with Crippen LogP contribution in [-0.4, -0.2) is 29.3 Å². The van der Waals surface area contributed by atoms with Gasteiger partial charge in [0, 0.05) is 23.1 Å². The minimum absolute atomic E-state index is 0.128. The van der Waals surface area contributed by atoms with Gasteiger partial charge in [-0.15, -0.1) is 0 Å². The van der Waals surface area contributed by atoms with E-state index in [4.69, 9.17) is 23.2 Å². The number of nitrogens with zero attached hydrogens (tertiary/aromatic N) is 1. The van der Waals surface area contributed by atoms with Gasteiger partial charge in [-0.25, -0.2) is 0 Å². The third-order valence-corrected chi connectivity index (χ3v) is 5.72. The van der Waals surface area contributed by atoms with Crippen molar-refractivity contribution in [2.45, 2.75) is 53.6 Å². The lowest BCUT2D eigenvalue weighted by Gasteiger charge is -2.29. The molecule has 2 aromatic rings. The zero-order chi connectivity index (χ0) is 22.4. The quantitative estimate of drug-likeness (QED) is 0.591. The third kappa shape index (κ3) is 6.75. The highest BCUT2D eigenvalue weighted by Gasteiger charge is 2.27. The van der Waals surface area contributed by atoms with E-state index in [0.29, 0.717) is 22.5 Å². The van der Waals surface area contributed by atoms with Crippen LogP contribution in [-0.2, 0) is 22.6 Å². The zero-order valence-electron chi connectivity index (χ0n) is 18.3. The van der Waals surface area contributed by atoms with Crippen LogP contribution in [0, 0.1) is 19.8 Å². The van der Waals surface area contributed by atoms with Gasteiger partial charge in [0.25, 0.3) is 0 Å². The molecule has 0 radical (unpaired) electrons. The Morgan fingerprint density at radius 2 is 1.70 bits per heavy atom. The summed E-state index contributed by atoms with van der Waals surface area (Å²) in [6, 6.07) is 10.5. The van der Waals surface area contributed by atoms with Crippen molar-refractivity contribution in [1.82, 2.24) is 10.2 Å². The van der Waals surface area contributed by atoms with Crippen LogP contribution in [0.2, 0.25) is 10.0 Å². The summed E-state index contributed by atoms with van der Waals surface area (Å²) in [6.45, 7) is 10.7. The summed E-state index contributed by atoms with van der Waals surface area (Å²) >= 11 is 12.3. The van der Waals surface area contributed by atoms with Crippen LogP contribution in [0.15, 0.2) is 36.4 Å². The first-order valence-electron chi connectivity index (χ1n) is 10.2. The van der Waals surface area contributed by atoms with Crippen molar-refractivity contribution in [3.05, 3.63) is 68.7 Å². The van der Waals surface area contributed by atoms with E-state index >= 15 is 0 Å². The molecule has 0 saturated carbocycles. The molecule has 0 heterocycles. The Hall–Kier alpha value is -2.04. The average Bonchev–Trinajstić information content (AvgIpc) is 2.67. The second kappa shape index (κ2) is 10.8. The van der Waals surface area contributed by atoms with E-state index in [2.05, 4.69) is 5.32 Å². The molecular formula is C24H30Cl2N2O2.